The molecule has 1 aromatic rings. The number of likely N-dealkylation sites (N-methyl/N-ethyl adjacent to an activating group) is 1. The van der Waals surface area contributed by atoms with Gasteiger partial charge in [0, 0.05) is 17.1 Å². The van der Waals surface area contributed by atoms with E-state index < -0.39 is 26.7 Å². The third kappa shape index (κ3) is 4.44. The van der Waals surface area contributed by atoms with Crippen LogP contribution in [0.3, 0.4) is 0 Å². The lowest BCUT2D eigenvalue weighted by atomic mass is 10.2. The monoisotopic (exact) mass is 374 g/mol. The Kier molecular flexibility index (Phi) is 5.59. The molecule has 0 radical (unpaired) electrons. The molecule has 0 aromatic heterocycles. The van der Waals surface area contributed by atoms with Gasteiger partial charge in [0.05, 0.1) is 10.5 Å². The first-order valence-electron chi connectivity index (χ1n) is 5.61. The maximum Gasteiger partial charge on any atom is 0.417 e. The minimum atomic E-state index is -4.75. The number of halogens is 4. The summed E-state index contributed by atoms with van der Waals surface area (Å²) in [7, 11) is -2.60. The van der Waals surface area contributed by atoms with Gasteiger partial charge in [-0.05, 0) is 32.2 Å². The fraction of sp³-hybridized carbons (Fsp3) is 0.455. The van der Waals surface area contributed by atoms with E-state index in [0.29, 0.717) is 0 Å². The lowest BCUT2D eigenvalue weighted by Gasteiger charge is -2.16. The highest BCUT2D eigenvalue weighted by atomic mass is 79.9. The Morgan fingerprint density at radius 3 is 2.45 bits per heavy atom. The van der Waals surface area contributed by atoms with Gasteiger partial charge >= 0.3 is 6.18 Å². The zero-order chi connectivity index (χ0) is 15.6. The number of benzene rings is 1. The molecule has 0 aliphatic carbocycles. The average Bonchev–Trinajstić information content (AvgIpc) is 2.34. The van der Waals surface area contributed by atoms with E-state index in [9.17, 15) is 21.6 Å². The zero-order valence-electron chi connectivity index (χ0n) is 10.8. The molecule has 4 nitrogen and oxygen atoms in total. The summed E-state index contributed by atoms with van der Waals surface area (Å²) in [6.07, 6.45) is -4.75. The second-order valence-corrected chi connectivity index (χ2v) is 6.83. The van der Waals surface area contributed by atoms with Crippen LogP contribution < -0.4 is 10.0 Å². The zero-order valence-corrected chi connectivity index (χ0v) is 13.2. The van der Waals surface area contributed by atoms with Crippen LogP contribution >= 0.6 is 15.9 Å². The van der Waals surface area contributed by atoms with Crippen molar-refractivity contribution in [2.45, 2.75) is 24.0 Å². The Hall–Kier alpha value is -0.640. The van der Waals surface area contributed by atoms with E-state index in [-0.39, 0.29) is 17.1 Å². The summed E-state index contributed by atoms with van der Waals surface area (Å²) in [6, 6.07) is 2.73. The molecule has 20 heavy (non-hydrogen) atoms. The maximum atomic E-state index is 12.9. The van der Waals surface area contributed by atoms with E-state index in [0.717, 1.165) is 12.1 Å². The normalized spacial score (nSPS) is 14.3. The molecule has 0 spiro atoms. The van der Waals surface area contributed by atoms with Crippen LogP contribution in [0.5, 0.6) is 0 Å². The van der Waals surface area contributed by atoms with Crippen molar-refractivity contribution in [1.82, 2.24) is 10.0 Å². The van der Waals surface area contributed by atoms with Gasteiger partial charge in [0.15, 0.2) is 0 Å². The van der Waals surface area contributed by atoms with Crippen LogP contribution in [-0.4, -0.2) is 28.1 Å². The first-order valence-corrected chi connectivity index (χ1v) is 7.89. The molecular weight excluding hydrogens is 361 g/mol. The fourth-order valence-corrected chi connectivity index (χ4v) is 3.07. The Morgan fingerprint density at radius 1 is 1.35 bits per heavy atom. The largest absolute Gasteiger partial charge is 0.417 e. The van der Waals surface area contributed by atoms with Crippen LogP contribution in [0.1, 0.15) is 12.5 Å². The van der Waals surface area contributed by atoms with Crippen molar-refractivity contribution >= 4 is 26.0 Å². The molecule has 0 saturated carbocycles. The molecule has 0 aliphatic rings. The summed E-state index contributed by atoms with van der Waals surface area (Å²) >= 11 is 2.90. The van der Waals surface area contributed by atoms with Crippen LogP contribution in [0.15, 0.2) is 27.6 Å². The molecule has 0 aliphatic heterocycles. The number of nitrogens with one attached hydrogen (secondary N) is 2. The fourth-order valence-electron chi connectivity index (χ4n) is 1.37. The minimum Gasteiger partial charge on any atom is -0.316 e. The first kappa shape index (κ1) is 17.4. The molecule has 0 bridgehead atoms. The standard InChI is InChI=1S/C11H14BrF3N2O2S/c1-7(16-2)6-17-20(18,19)10-4-3-8(12)5-9(10)11(13,14)15/h3-5,7,16-17H,6H2,1-2H3. The van der Waals surface area contributed by atoms with Crippen molar-refractivity contribution in [3.63, 3.8) is 0 Å². The Morgan fingerprint density at radius 2 is 1.95 bits per heavy atom. The number of alkyl halides is 3. The van der Waals surface area contributed by atoms with Crippen LogP contribution in [0.25, 0.3) is 0 Å². The van der Waals surface area contributed by atoms with Gasteiger partial charge in [-0.1, -0.05) is 15.9 Å². The summed E-state index contributed by atoms with van der Waals surface area (Å²) in [6.45, 7) is 1.70. The van der Waals surface area contributed by atoms with Crippen LogP contribution in [0.2, 0.25) is 0 Å². The molecule has 1 rings (SSSR count). The van der Waals surface area contributed by atoms with Crippen LogP contribution in [-0.2, 0) is 16.2 Å². The van der Waals surface area contributed by atoms with Crippen molar-refractivity contribution < 1.29 is 21.6 Å². The summed E-state index contributed by atoms with van der Waals surface area (Å²) < 4.78 is 65.0. The maximum absolute atomic E-state index is 12.9. The molecule has 0 fully saturated rings. The molecule has 1 atom stereocenters. The van der Waals surface area contributed by atoms with Gasteiger partial charge < -0.3 is 5.32 Å². The quantitative estimate of drug-likeness (QED) is 0.831. The predicted octanol–water partition coefficient (Wildman–Crippen LogP) is 2.35. The van der Waals surface area contributed by atoms with Gasteiger partial charge in [0.1, 0.15) is 0 Å². The van der Waals surface area contributed by atoms with Crippen molar-refractivity contribution in [3.8, 4) is 0 Å². The van der Waals surface area contributed by atoms with Gasteiger partial charge in [-0.3, -0.25) is 0 Å². The van der Waals surface area contributed by atoms with E-state index in [2.05, 4.69) is 26.0 Å². The van der Waals surface area contributed by atoms with Crippen LogP contribution in [0.4, 0.5) is 13.2 Å². The molecule has 0 amide bonds. The third-order valence-electron chi connectivity index (χ3n) is 2.61. The van der Waals surface area contributed by atoms with E-state index >= 15 is 0 Å². The highest BCUT2D eigenvalue weighted by Gasteiger charge is 2.37. The lowest BCUT2D eigenvalue weighted by Crippen LogP contribution is -2.37. The summed E-state index contributed by atoms with van der Waals surface area (Å²) in [5.41, 5.74) is -1.20. The smallest absolute Gasteiger partial charge is 0.316 e. The van der Waals surface area contributed by atoms with E-state index in [1.165, 1.54) is 6.07 Å². The van der Waals surface area contributed by atoms with E-state index in [4.69, 9.17) is 0 Å². The van der Waals surface area contributed by atoms with Crippen molar-refractivity contribution in [1.29, 1.82) is 0 Å². The molecule has 2 N–H and O–H groups in total. The second kappa shape index (κ2) is 6.42. The molecule has 0 saturated heterocycles. The molecule has 1 unspecified atom stereocenters. The molecule has 0 heterocycles. The van der Waals surface area contributed by atoms with Gasteiger partial charge in [0.2, 0.25) is 10.0 Å². The van der Waals surface area contributed by atoms with Gasteiger partial charge in [-0.15, -0.1) is 0 Å². The van der Waals surface area contributed by atoms with Crippen molar-refractivity contribution in [3.05, 3.63) is 28.2 Å². The molecule has 9 heteroatoms. The first-order chi connectivity index (χ1) is 9.08. The average molecular weight is 375 g/mol. The van der Waals surface area contributed by atoms with E-state index in [1.807, 2.05) is 0 Å². The highest BCUT2D eigenvalue weighted by molar-refractivity contribution is 9.10. The molecule has 1 aromatic carbocycles. The number of rotatable bonds is 5. The summed E-state index contributed by atoms with van der Waals surface area (Å²) in [5, 5.41) is 2.79. The molecule has 114 valence electrons. The Bertz CT molecular complexity index is 576. The van der Waals surface area contributed by atoms with Gasteiger partial charge in [-0.25, -0.2) is 13.1 Å². The van der Waals surface area contributed by atoms with Gasteiger partial charge in [-0.2, -0.15) is 13.2 Å². The number of hydrogen-bond donors (Lipinski definition) is 2. The summed E-state index contributed by atoms with van der Waals surface area (Å²) in [5.74, 6) is 0. The van der Waals surface area contributed by atoms with E-state index in [1.54, 1.807) is 14.0 Å². The topological polar surface area (TPSA) is 58.2 Å². The lowest BCUT2D eigenvalue weighted by molar-refractivity contribution is -0.139. The minimum absolute atomic E-state index is 0.00774. The molecular formula is C11H14BrF3N2O2S. The van der Waals surface area contributed by atoms with Crippen molar-refractivity contribution in [2.75, 3.05) is 13.6 Å². The predicted molar refractivity (Wildman–Crippen MR) is 72.9 cm³/mol. The SMILES string of the molecule is CNC(C)CNS(=O)(=O)c1ccc(Br)cc1C(F)(F)F. The highest BCUT2D eigenvalue weighted by Crippen LogP contribution is 2.35. The third-order valence-corrected chi connectivity index (χ3v) is 4.58. The Labute approximate surface area is 123 Å². The Balaban J connectivity index is 3.18. The van der Waals surface area contributed by atoms with Crippen molar-refractivity contribution in [2.24, 2.45) is 0 Å². The number of sulfonamides is 1. The van der Waals surface area contributed by atoms with Gasteiger partial charge in [0.25, 0.3) is 0 Å². The van der Waals surface area contributed by atoms with Crippen LogP contribution in [0, 0.1) is 0 Å². The second-order valence-electron chi connectivity index (χ2n) is 4.18. The number of hydrogen-bond acceptors (Lipinski definition) is 3. The summed E-state index contributed by atoms with van der Waals surface area (Å²) in [4.78, 5) is -0.781.